The van der Waals surface area contributed by atoms with E-state index in [0.717, 1.165) is 4.90 Å². The monoisotopic (exact) mass is 436 g/mol. The molecule has 3 aromatic rings. The molecular weight excluding hydrogens is 416 g/mol. The molecule has 2 amide bonds. The Morgan fingerprint density at radius 1 is 0.839 bits per heavy atom. The summed E-state index contributed by atoms with van der Waals surface area (Å²) in [6.45, 7) is 0. The third-order valence-electron chi connectivity index (χ3n) is 4.85. The van der Waals surface area contributed by atoms with Crippen LogP contribution in [0.25, 0.3) is 5.57 Å². The van der Waals surface area contributed by atoms with Gasteiger partial charge < -0.3 is 19.5 Å². The number of imide groups is 1. The standard InChI is InChI=1S/C23H20N2O5S/c1-28-14-10-11-15(18(13-14)30-3)24-21-20(19-9-6-12-31-19)22(26)25(23(21)27)16-7-4-5-8-17(16)29-2/h4-13,24H,1-3H3. The number of carbonyl (C=O) groups excluding carboxylic acids is 2. The first-order chi connectivity index (χ1) is 15.1. The zero-order valence-electron chi connectivity index (χ0n) is 17.2. The van der Waals surface area contributed by atoms with E-state index in [1.165, 1.54) is 25.6 Å². The largest absolute Gasteiger partial charge is 0.497 e. The summed E-state index contributed by atoms with van der Waals surface area (Å²) in [4.78, 5) is 28.7. The van der Waals surface area contributed by atoms with E-state index in [1.54, 1.807) is 49.6 Å². The van der Waals surface area contributed by atoms with E-state index in [-0.39, 0.29) is 5.70 Å². The second-order valence-corrected chi connectivity index (χ2v) is 7.48. The van der Waals surface area contributed by atoms with E-state index in [1.807, 2.05) is 17.5 Å². The fourth-order valence-electron chi connectivity index (χ4n) is 3.36. The molecule has 0 bridgehead atoms. The first-order valence-electron chi connectivity index (χ1n) is 9.38. The zero-order valence-corrected chi connectivity index (χ0v) is 18.0. The molecule has 4 rings (SSSR count). The van der Waals surface area contributed by atoms with E-state index in [9.17, 15) is 9.59 Å². The Balaban J connectivity index is 1.82. The summed E-state index contributed by atoms with van der Waals surface area (Å²) < 4.78 is 16.1. The highest BCUT2D eigenvalue weighted by Gasteiger charge is 2.42. The number of rotatable bonds is 7. The summed E-state index contributed by atoms with van der Waals surface area (Å²) >= 11 is 1.38. The van der Waals surface area contributed by atoms with Gasteiger partial charge in [-0.3, -0.25) is 9.59 Å². The fourth-order valence-corrected chi connectivity index (χ4v) is 4.13. The minimum absolute atomic E-state index is 0.168. The highest BCUT2D eigenvalue weighted by atomic mass is 32.1. The average Bonchev–Trinajstić information content (AvgIpc) is 3.40. The van der Waals surface area contributed by atoms with Crippen molar-refractivity contribution in [1.29, 1.82) is 0 Å². The molecule has 0 saturated heterocycles. The predicted molar refractivity (Wildman–Crippen MR) is 120 cm³/mol. The summed E-state index contributed by atoms with van der Waals surface area (Å²) in [6.07, 6.45) is 0. The van der Waals surface area contributed by atoms with Crippen molar-refractivity contribution in [3.8, 4) is 17.2 Å². The number of ether oxygens (including phenoxy) is 3. The maximum atomic E-state index is 13.5. The molecule has 2 heterocycles. The lowest BCUT2D eigenvalue weighted by Crippen LogP contribution is -2.32. The molecule has 0 fully saturated rings. The van der Waals surface area contributed by atoms with Gasteiger partial charge >= 0.3 is 0 Å². The van der Waals surface area contributed by atoms with Crippen LogP contribution in [-0.2, 0) is 9.59 Å². The first-order valence-corrected chi connectivity index (χ1v) is 10.3. The molecule has 1 aromatic heterocycles. The van der Waals surface area contributed by atoms with Gasteiger partial charge in [-0.1, -0.05) is 18.2 Å². The van der Waals surface area contributed by atoms with Gasteiger partial charge in [0.1, 0.15) is 22.9 Å². The normalized spacial score (nSPS) is 13.6. The second-order valence-electron chi connectivity index (χ2n) is 6.54. The molecule has 7 nitrogen and oxygen atoms in total. The van der Waals surface area contributed by atoms with Crippen LogP contribution in [-0.4, -0.2) is 33.1 Å². The first kappa shape index (κ1) is 20.5. The Morgan fingerprint density at radius 3 is 2.29 bits per heavy atom. The Kier molecular flexibility index (Phi) is 5.64. The van der Waals surface area contributed by atoms with Crippen molar-refractivity contribution in [2.24, 2.45) is 0 Å². The second kappa shape index (κ2) is 8.53. The highest BCUT2D eigenvalue weighted by Crippen LogP contribution is 2.40. The van der Waals surface area contributed by atoms with Crippen LogP contribution in [0.2, 0.25) is 0 Å². The molecule has 0 atom stereocenters. The van der Waals surface area contributed by atoms with Crippen LogP contribution < -0.4 is 24.4 Å². The molecule has 2 aromatic carbocycles. The fraction of sp³-hybridized carbons (Fsp3) is 0.130. The van der Waals surface area contributed by atoms with E-state index in [2.05, 4.69) is 5.32 Å². The van der Waals surface area contributed by atoms with Gasteiger partial charge in [-0.2, -0.15) is 0 Å². The van der Waals surface area contributed by atoms with Gasteiger partial charge in [-0.25, -0.2) is 4.90 Å². The summed E-state index contributed by atoms with van der Waals surface area (Å²) in [5.41, 5.74) is 1.38. The van der Waals surface area contributed by atoms with Crippen molar-refractivity contribution >= 4 is 40.1 Å². The van der Waals surface area contributed by atoms with Crippen LogP contribution >= 0.6 is 11.3 Å². The summed E-state index contributed by atoms with van der Waals surface area (Å²) in [5, 5.41) is 4.98. The number of anilines is 2. The molecular formula is C23H20N2O5S. The molecule has 0 spiro atoms. The van der Waals surface area contributed by atoms with Gasteiger partial charge in [0.25, 0.3) is 11.8 Å². The van der Waals surface area contributed by atoms with Crippen molar-refractivity contribution in [2.45, 2.75) is 0 Å². The molecule has 158 valence electrons. The highest BCUT2D eigenvalue weighted by molar-refractivity contribution is 7.11. The zero-order chi connectivity index (χ0) is 22.0. The quantitative estimate of drug-likeness (QED) is 0.560. The van der Waals surface area contributed by atoms with E-state index < -0.39 is 11.8 Å². The van der Waals surface area contributed by atoms with Crippen molar-refractivity contribution in [1.82, 2.24) is 0 Å². The van der Waals surface area contributed by atoms with Crippen molar-refractivity contribution in [2.75, 3.05) is 31.5 Å². The molecule has 0 aliphatic carbocycles. The van der Waals surface area contributed by atoms with Gasteiger partial charge in [-0.15, -0.1) is 11.3 Å². The number of nitrogens with zero attached hydrogens (tertiary/aromatic N) is 1. The maximum Gasteiger partial charge on any atom is 0.282 e. The Bertz CT molecular complexity index is 1170. The molecule has 8 heteroatoms. The van der Waals surface area contributed by atoms with Gasteiger partial charge in [0.15, 0.2) is 0 Å². The van der Waals surface area contributed by atoms with Crippen LogP contribution in [0.1, 0.15) is 4.88 Å². The number of benzene rings is 2. The van der Waals surface area contributed by atoms with Crippen LogP contribution in [0.5, 0.6) is 17.2 Å². The SMILES string of the molecule is COc1ccc(NC2=C(c3cccs3)C(=O)N(c3ccccc3OC)C2=O)c(OC)c1. The molecule has 0 saturated carbocycles. The van der Waals surface area contributed by atoms with Crippen molar-refractivity contribution in [3.63, 3.8) is 0 Å². The Labute approximate surface area is 183 Å². The number of methoxy groups -OCH3 is 3. The molecule has 1 aliphatic rings. The number of nitrogens with one attached hydrogen (secondary N) is 1. The number of carbonyl (C=O) groups is 2. The molecule has 31 heavy (non-hydrogen) atoms. The van der Waals surface area contributed by atoms with Gasteiger partial charge in [0.05, 0.1) is 38.3 Å². The third kappa shape index (κ3) is 3.62. The molecule has 0 unspecified atom stereocenters. The third-order valence-corrected chi connectivity index (χ3v) is 5.73. The number of hydrogen-bond donors (Lipinski definition) is 1. The topological polar surface area (TPSA) is 77.1 Å². The van der Waals surface area contributed by atoms with E-state index in [4.69, 9.17) is 14.2 Å². The van der Waals surface area contributed by atoms with Crippen molar-refractivity contribution in [3.05, 3.63) is 70.6 Å². The van der Waals surface area contributed by atoms with E-state index in [0.29, 0.717) is 39.1 Å². The lowest BCUT2D eigenvalue weighted by molar-refractivity contribution is -0.120. The molecule has 1 N–H and O–H groups in total. The smallest absolute Gasteiger partial charge is 0.282 e. The van der Waals surface area contributed by atoms with Crippen LogP contribution in [0.3, 0.4) is 0 Å². The van der Waals surface area contributed by atoms with Gasteiger partial charge in [-0.05, 0) is 35.7 Å². The Hall–Kier alpha value is -3.78. The molecule has 0 radical (unpaired) electrons. The molecule has 1 aliphatic heterocycles. The number of para-hydroxylation sites is 2. The van der Waals surface area contributed by atoms with E-state index >= 15 is 0 Å². The summed E-state index contributed by atoms with van der Waals surface area (Å²) in [5.74, 6) is 0.619. The van der Waals surface area contributed by atoms with Gasteiger partial charge in [0.2, 0.25) is 0 Å². The van der Waals surface area contributed by atoms with Crippen LogP contribution in [0.15, 0.2) is 65.7 Å². The lowest BCUT2D eigenvalue weighted by atomic mass is 10.1. The van der Waals surface area contributed by atoms with Crippen LogP contribution in [0, 0.1) is 0 Å². The lowest BCUT2D eigenvalue weighted by Gasteiger charge is -2.18. The number of amides is 2. The minimum atomic E-state index is -0.476. The minimum Gasteiger partial charge on any atom is -0.497 e. The van der Waals surface area contributed by atoms with Crippen LogP contribution in [0.4, 0.5) is 11.4 Å². The van der Waals surface area contributed by atoms with Crippen molar-refractivity contribution < 1.29 is 23.8 Å². The maximum absolute atomic E-state index is 13.5. The number of hydrogen-bond acceptors (Lipinski definition) is 7. The average molecular weight is 436 g/mol. The summed E-state index contributed by atoms with van der Waals surface area (Å²) in [6, 6.07) is 15.7. The van der Waals surface area contributed by atoms with Gasteiger partial charge in [0, 0.05) is 10.9 Å². The number of thiophene rings is 1. The predicted octanol–water partition coefficient (Wildman–Crippen LogP) is 4.17. The summed E-state index contributed by atoms with van der Waals surface area (Å²) in [7, 11) is 4.58. The Morgan fingerprint density at radius 2 is 1.61 bits per heavy atom.